The van der Waals surface area contributed by atoms with Crippen molar-refractivity contribution in [1.82, 2.24) is 10.2 Å². The number of nitrogens with one attached hydrogen (secondary N) is 1. The molecule has 0 aliphatic heterocycles. The van der Waals surface area contributed by atoms with Gasteiger partial charge in [-0.2, -0.15) is 0 Å². The Morgan fingerprint density at radius 3 is 2.50 bits per heavy atom. The summed E-state index contributed by atoms with van der Waals surface area (Å²) in [5.41, 5.74) is 1.26. The number of hydrogen-bond acceptors (Lipinski definition) is 3. The van der Waals surface area contributed by atoms with Crippen molar-refractivity contribution in [3.05, 3.63) is 0 Å². The largest absolute Gasteiger partial charge is 0.318 e. The molecular weight excluding hydrogens is 174 g/mol. The maximum Gasteiger partial charge on any atom is 0.0516 e. The average molecular weight is 199 g/mol. The molecule has 0 unspecified atom stereocenters. The van der Waals surface area contributed by atoms with Crippen LogP contribution < -0.4 is 5.32 Å². The third kappa shape index (κ3) is 7.04. The van der Waals surface area contributed by atoms with Gasteiger partial charge >= 0.3 is 0 Å². The first-order valence-electron chi connectivity index (χ1n) is 5.42. The molecule has 0 amide bonds. The lowest BCUT2D eigenvalue weighted by Gasteiger charge is -2.15. The number of hydrogen-bond donors (Lipinski definition) is 1. The van der Waals surface area contributed by atoms with Crippen LogP contribution >= 0.6 is 0 Å². The van der Waals surface area contributed by atoms with E-state index in [0.29, 0.717) is 5.92 Å². The van der Waals surface area contributed by atoms with Crippen molar-refractivity contribution in [1.29, 1.82) is 0 Å². The van der Waals surface area contributed by atoms with Gasteiger partial charge in [0, 0.05) is 25.3 Å². The van der Waals surface area contributed by atoms with Crippen molar-refractivity contribution in [2.75, 3.05) is 40.3 Å². The van der Waals surface area contributed by atoms with E-state index in [-0.39, 0.29) is 0 Å². The molecule has 0 saturated heterocycles. The lowest BCUT2D eigenvalue weighted by molar-refractivity contribution is 0.344. The standard InChI is InChI=1S/C11H25N3/c1-10(2)11(3)13-7-9-14(5)8-6-12-4/h10,12H,6-9H2,1-5H3. The van der Waals surface area contributed by atoms with Gasteiger partial charge in [0.25, 0.3) is 0 Å². The van der Waals surface area contributed by atoms with Crippen LogP contribution in [0.15, 0.2) is 4.99 Å². The van der Waals surface area contributed by atoms with Gasteiger partial charge in [-0.05, 0) is 26.9 Å². The van der Waals surface area contributed by atoms with E-state index in [9.17, 15) is 0 Å². The number of rotatable bonds is 7. The van der Waals surface area contributed by atoms with Crippen molar-refractivity contribution in [3.8, 4) is 0 Å². The van der Waals surface area contributed by atoms with E-state index in [2.05, 4.69) is 43.0 Å². The Morgan fingerprint density at radius 2 is 2.00 bits per heavy atom. The SMILES string of the molecule is CNCCN(C)CCN=C(C)C(C)C. The third-order valence-electron chi connectivity index (χ3n) is 2.42. The molecule has 0 saturated carbocycles. The molecule has 0 aromatic heterocycles. The van der Waals surface area contributed by atoms with Crippen molar-refractivity contribution in [2.24, 2.45) is 10.9 Å². The lowest BCUT2D eigenvalue weighted by Crippen LogP contribution is -2.29. The van der Waals surface area contributed by atoms with E-state index >= 15 is 0 Å². The molecule has 1 N–H and O–H groups in total. The summed E-state index contributed by atoms with van der Waals surface area (Å²) in [6, 6.07) is 0. The van der Waals surface area contributed by atoms with Crippen molar-refractivity contribution >= 4 is 5.71 Å². The molecule has 0 fully saturated rings. The first kappa shape index (κ1) is 13.6. The van der Waals surface area contributed by atoms with Crippen molar-refractivity contribution < 1.29 is 0 Å². The Kier molecular flexibility index (Phi) is 7.71. The molecule has 84 valence electrons. The van der Waals surface area contributed by atoms with Gasteiger partial charge in [0.15, 0.2) is 0 Å². The van der Waals surface area contributed by atoms with Crippen LogP contribution in [0.25, 0.3) is 0 Å². The molecule has 3 heteroatoms. The minimum absolute atomic E-state index is 0.581. The predicted octanol–water partition coefficient (Wildman–Crippen LogP) is 1.25. The van der Waals surface area contributed by atoms with Crippen LogP contribution in [-0.4, -0.2) is 50.9 Å². The van der Waals surface area contributed by atoms with Gasteiger partial charge in [-0.15, -0.1) is 0 Å². The minimum Gasteiger partial charge on any atom is -0.318 e. The highest BCUT2D eigenvalue weighted by Crippen LogP contribution is 1.95. The quantitative estimate of drug-likeness (QED) is 0.625. The van der Waals surface area contributed by atoms with Gasteiger partial charge in [-0.3, -0.25) is 4.99 Å². The Morgan fingerprint density at radius 1 is 1.36 bits per heavy atom. The highest BCUT2D eigenvalue weighted by atomic mass is 15.1. The first-order chi connectivity index (χ1) is 6.57. The number of nitrogens with zero attached hydrogens (tertiary/aromatic N) is 2. The summed E-state index contributed by atoms with van der Waals surface area (Å²) in [5, 5.41) is 3.14. The van der Waals surface area contributed by atoms with Crippen LogP contribution in [0.3, 0.4) is 0 Å². The summed E-state index contributed by atoms with van der Waals surface area (Å²) in [4.78, 5) is 6.83. The highest BCUT2D eigenvalue weighted by Gasteiger charge is 1.98. The molecule has 0 aliphatic carbocycles. The zero-order valence-corrected chi connectivity index (χ0v) is 10.3. The zero-order chi connectivity index (χ0) is 11.0. The Bertz CT molecular complexity index is 164. The number of likely N-dealkylation sites (N-methyl/N-ethyl adjacent to an activating group) is 2. The molecule has 0 rings (SSSR count). The molecule has 3 nitrogen and oxygen atoms in total. The summed E-state index contributed by atoms with van der Waals surface area (Å²) in [7, 11) is 4.12. The van der Waals surface area contributed by atoms with Crippen molar-refractivity contribution in [2.45, 2.75) is 20.8 Å². The fraction of sp³-hybridized carbons (Fsp3) is 0.909. The van der Waals surface area contributed by atoms with Crippen LogP contribution in [0, 0.1) is 5.92 Å². The second-order valence-corrected chi connectivity index (χ2v) is 4.08. The molecule has 14 heavy (non-hydrogen) atoms. The third-order valence-corrected chi connectivity index (χ3v) is 2.42. The van der Waals surface area contributed by atoms with E-state index in [1.807, 2.05) is 7.05 Å². The van der Waals surface area contributed by atoms with Crippen LogP contribution in [0.2, 0.25) is 0 Å². The Balaban J connectivity index is 3.57. The molecule has 0 aromatic rings. The monoisotopic (exact) mass is 199 g/mol. The smallest absolute Gasteiger partial charge is 0.0516 e. The molecule has 0 aromatic carbocycles. The predicted molar refractivity (Wildman–Crippen MR) is 64.2 cm³/mol. The Hall–Kier alpha value is -0.410. The molecule has 0 radical (unpaired) electrons. The molecule has 0 aliphatic rings. The van der Waals surface area contributed by atoms with Gasteiger partial charge in [-0.1, -0.05) is 13.8 Å². The maximum absolute atomic E-state index is 4.53. The molecule has 0 spiro atoms. The maximum atomic E-state index is 4.53. The summed E-state index contributed by atoms with van der Waals surface area (Å²) in [6.45, 7) is 10.6. The van der Waals surface area contributed by atoms with Gasteiger partial charge in [0.05, 0.1) is 6.54 Å². The van der Waals surface area contributed by atoms with E-state index in [0.717, 1.165) is 26.2 Å². The fourth-order valence-corrected chi connectivity index (χ4v) is 0.994. The Labute approximate surface area is 88.6 Å². The van der Waals surface area contributed by atoms with Gasteiger partial charge in [0.2, 0.25) is 0 Å². The van der Waals surface area contributed by atoms with E-state index in [1.165, 1.54) is 5.71 Å². The van der Waals surface area contributed by atoms with Crippen LogP contribution in [0.5, 0.6) is 0 Å². The lowest BCUT2D eigenvalue weighted by atomic mass is 10.1. The van der Waals surface area contributed by atoms with E-state index in [1.54, 1.807) is 0 Å². The summed E-state index contributed by atoms with van der Waals surface area (Å²) in [5.74, 6) is 0.581. The molecule has 0 bridgehead atoms. The minimum atomic E-state index is 0.581. The molecule has 0 heterocycles. The zero-order valence-electron chi connectivity index (χ0n) is 10.3. The fourth-order valence-electron chi connectivity index (χ4n) is 0.994. The number of aliphatic imine (C=N–C) groups is 1. The van der Waals surface area contributed by atoms with Gasteiger partial charge in [0.1, 0.15) is 0 Å². The van der Waals surface area contributed by atoms with Gasteiger partial charge < -0.3 is 10.2 Å². The molecule has 0 atom stereocenters. The van der Waals surface area contributed by atoms with Gasteiger partial charge in [-0.25, -0.2) is 0 Å². The highest BCUT2D eigenvalue weighted by molar-refractivity contribution is 5.83. The van der Waals surface area contributed by atoms with Crippen LogP contribution in [0.1, 0.15) is 20.8 Å². The van der Waals surface area contributed by atoms with Crippen molar-refractivity contribution in [3.63, 3.8) is 0 Å². The summed E-state index contributed by atoms with van der Waals surface area (Å²) < 4.78 is 0. The summed E-state index contributed by atoms with van der Waals surface area (Å²) >= 11 is 0. The summed E-state index contributed by atoms with van der Waals surface area (Å²) in [6.07, 6.45) is 0. The van der Waals surface area contributed by atoms with Crippen LogP contribution in [-0.2, 0) is 0 Å². The van der Waals surface area contributed by atoms with E-state index in [4.69, 9.17) is 0 Å². The van der Waals surface area contributed by atoms with Crippen LogP contribution in [0.4, 0.5) is 0 Å². The van der Waals surface area contributed by atoms with E-state index < -0.39 is 0 Å². The topological polar surface area (TPSA) is 27.6 Å². The molecular formula is C11H25N3. The second-order valence-electron chi connectivity index (χ2n) is 4.08. The average Bonchev–Trinajstić information content (AvgIpc) is 2.14. The normalized spacial score (nSPS) is 12.9. The second kappa shape index (κ2) is 7.94. The first-order valence-corrected chi connectivity index (χ1v) is 5.42.